The number of aromatic nitrogens is 1. The normalized spacial score (nSPS) is 17.4. The quantitative estimate of drug-likeness (QED) is 0.592. The average molecular weight is 430 g/mol. The molecule has 0 spiro atoms. The smallest absolute Gasteiger partial charge is 0.350 e. The third-order valence-electron chi connectivity index (χ3n) is 5.27. The number of nitrogens with one attached hydrogen (secondary N) is 1. The van der Waals surface area contributed by atoms with E-state index in [1.807, 2.05) is 23.6 Å². The number of esters is 1. The Hall–Kier alpha value is -2.29. The van der Waals surface area contributed by atoms with Gasteiger partial charge < -0.3 is 10.1 Å². The van der Waals surface area contributed by atoms with Crippen LogP contribution in [0.4, 0.5) is 5.69 Å². The maximum Gasteiger partial charge on any atom is 0.350 e. The second kappa shape index (κ2) is 8.61. The van der Waals surface area contributed by atoms with Crippen LogP contribution >= 0.6 is 22.7 Å². The van der Waals surface area contributed by atoms with Gasteiger partial charge in [-0.1, -0.05) is 12.5 Å². The van der Waals surface area contributed by atoms with Gasteiger partial charge in [0, 0.05) is 18.0 Å². The fourth-order valence-corrected chi connectivity index (χ4v) is 5.33. The van der Waals surface area contributed by atoms with E-state index in [2.05, 4.69) is 17.1 Å². The SMILES string of the molecule is COC(=O)c1sc2nc(CN3CCCC[C@@H]3C)ccc2c1NC(=O)c1cccs1. The predicted octanol–water partition coefficient (Wildman–Crippen LogP) is 4.77. The molecule has 3 aromatic rings. The Kier molecular flexibility index (Phi) is 5.94. The molecule has 6 nitrogen and oxygen atoms in total. The molecular weight excluding hydrogens is 406 g/mol. The summed E-state index contributed by atoms with van der Waals surface area (Å²) >= 11 is 2.61. The predicted molar refractivity (Wildman–Crippen MR) is 117 cm³/mol. The standard InChI is InChI=1S/C21H23N3O3S2/c1-13-6-3-4-10-24(13)12-14-8-9-15-17(23-19(25)16-7-5-11-28-16)18(21(26)27-2)29-20(15)22-14/h5,7-9,11,13H,3-4,6,10,12H2,1-2H3,(H,23,25)/t13-/m0/s1. The van der Waals surface area contributed by atoms with Gasteiger partial charge >= 0.3 is 5.97 Å². The second-order valence-electron chi connectivity index (χ2n) is 7.20. The van der Waals surface area contributed by atoms with E-state index in [9.17, 15) is 9.59 Å². The van der Waals surface area contributed by atoms with Gasteiger partial charge in [0.05, 0.1) is 23.4 Å². The molecule has 4 rings (SSSR count). The van der Waals surface area contributed by atoms with E-state index in [0.717, 1.165) is 29.0 Å². The molecule has 1 N–H and O–H groups in total. The highest BCUT2D eigenvalue weighted by Crippen LogP contribution is 2.36. The minimum absolute atomic E-state index is 0.240. The number of nitrogens with zero attached hydrogens (tertiary/aromatic N) is 2. The summed E-state index contributed by atoms with van der Waals surface area (Å²) < 4.78 is 4.93. The Morgan fingerprint density at radius 2 is 2.17 bits per heavy atom. The van der Waals surface area contributed by atoms with Crippen LogP contribution in [0, 0.1) is 0 Å². The van der Waals surface area contributed by atoms with Crippen molar-refractivity contribution >= 4 is 50.5 Å². The topological polar surface area (TPSA) is 71.5 Å². The number of carbonyl (C=O) groups is 2. The highest BCUT2D eigenvalue weighted by atomic mass is 32.1. The molecule has 4 heterocycles. The Bertz CT molecular complexity index is 1030. The van der Waals surface area contributed by atoms with Crippen molar-refractivity contribution in [2.45, 2.75) is 38.8 Å². The Morgan fingerprint density at radius 1 is 1.31 bits per heavy atom. The molecular formula is C21H23N3O3S2. The van der Waals surface area contributed by atoms with E-state index in [1.165, 1.54) is 49.0 Å². The number of piperidine rings is 1. The zero-order valence-corrected chi connectivity index (χ0v) is 18.1. The molecule has 1 amide bonds. The summed E-state index contributed by atoms with van der Waals surface area (Å²) in [5.74, 6) is -0.711. The van der Waals surface area contributed by atoms with Crippen molar-refractivity contribution in [3.8, 4) is 0 Å². The summed E-state index contributed by atoms with van der Waals surface area (Å²) in [7, 11) is 1.34. The van der Waals surface area contributed by atoms with E-state index >= 15 is 0 Å². The monoisotopic (exact) mass is 429 g/mol. The van der Waals surface area contributed by atoms with Crippen molar-refractivity contribution in [2.24, 2.45) is 0 Å². The minimum Gasteiger partial charge on any atom is -0.465 e. The lowest BCUT2D eigenvalue weighted by Crippen LogP contribution is -2.36. The molecule has 8 heteroatoms. The van der Waals surface area contributed by atoms with E-state index in [-0.39, 0.29) is 5.91 Å². The first kappa shape index (κ1) is 20.0. The number of pyridine rings is 1. The molecule has 0 bridgehead atoms. The van der Waals surface area contributed by atoms with Crippen molar-refractivity contribution in [1.82, 2.24) is 9.88 Å². The molecule has 3 aromatic heterocycles. The highest BCUT2D eigenvalue weighted by molar-refractivity contribution is 7.21. The maximum absolute atomic E-state index is 12.6. The zero-order valence-electron chi connectivity index (χ0n) is 16.4. The van der Waals surface area contributed by atoms with Gasteiger partial charge in [-0.25, -0.2) is 9.78 Å². The minimum atomic E-state index is -0.472. The van der Waals surface area contributed by atoms with Crippen LogP contribution in [0.3, 0.4) is 0 Å². The molecule has 1 fully saturated rings. The van der Waals surface area contributed by atoms with Gasteiger partial charge in [-0.15, -0.1) is 22.7 Å². The number of amides is 1. The number of thiophene rings is 2. The molecule has 152 valence electrons. The van der Waals surface area contributed by atoms with Gasteiger partial charge in [0.15, 0.2) is 0 Å². The van der Waals surface area contributed by atoms with Crippen LogP contribution in [-0.2, 0) is 11.3 Å². The van der Waals surface area contributed by atoms with Gasteiger partial charge in [0.2, 0.25) is 0 Å². The molecule has 1 aliphatic rings. The van der Waals surface area contributed by atoms with Crippen LogP contribution in [0.1, 0.15) is 51.2 Å². The lowest BCUT2D eigenvalue weighted by atomic mass is 10.0. The third-order valence-corrected chi connectivity index (χ3v) is 7.22. The van der Waals surface area contributed by atoms with Crippen molar-refractivity contribution < 1.29 is 14.3 Å². The van der Waals surface area contributed by atoms with Crippen LogP contribution in [0.15, 0.2) is 29.6 Å². The molecule has 0 radical (unpaired) electrons. The Labute approximate surface area is 177 Å². The zero-order chi connectivity index (χ0) is 20.4. The van der Waals surface area contributed by atoms with Crippen LogP contribution in [-0.4, -0.2) is 41.5 Å². The first-order chi connectivity index (χ1) is 14.1. The van der Waals surface area contributed by atoms with Crippen LogP contribution in [0.2, 0.25) is 0 Å². The summed E-state index contributed by atoms with van der Waals surface area (Å²) in [5, 5.41) is 5.49. The first-order valence-electron chi connectivity index (χ1n) is 9.66. The third kappa shape index (κ3) is 4.19. The van der Waals surface area contributed by atoms with Gasteiger partial charge in [0.1, 0.15) is 9.71 Å². The maximum atomic E-state index is 12.6. The molecule has 0 aliphatic carbocycles. The number of hydrogen-bond donors (Lipinski definition) is 1. The van der Waals surface area contributed by atoms with E-state index < -0.39 is 5.97 Å². The number of rotatable bonds is 5. The molecule has 1 aliphatic heterocycles. The number of ether oxygens (including phenoxy) is 1. The molecule has 0 aromatic carbocycles. The average Bonchev–Trinajstić information content (AvgIpc) is 3.38. The van der Waals surface area contributed by atoms with Crippen molar-refractivity contribution in [3.05, 3.63) is 45.1 Å². The van der Waals surface area contributed by atoms with Gasteiger partial charge in [-0.05, 0) is 49.9 Å². The Balaban J connectivity index is 1.66. The molecule has 0 unspecified atom stereocenters. The van der Waals surface area contributed by atoms with Crippen molar-refractivity contribution in [2.75, 3.05) is 19.0 Å². The summed E-state index contributed by atoms with van der Waals surface area (Å²) in [4.78, 5) is 33.8. The molecule has 0 saturated carbocycles. The van der Waals surface area contributed by atoms with Crippen LogP contribution < -0.4 is 5.32 Å². The van der Waals surface area contributed by atoms with Gasteiger partial charge in [-0.3, -0.25) is 9.69 Å². The van der Waals surface area contributed by atoms with Gasteiger partial charge in [0.25, 0.3) is 5.91 Å². The number of likely N-dealkylation sites (tertiary alicyclic amines) is 1. The van der Waals surface area contributed by atoms with E-state index in [1.54, 1.807) is 6.07 Å². The molecule has 1 atom stereocenters. The largest absolute Gasteiger partial charge is 0.465 e. The Morgan fingerprint density at radius 3 is 2.90 bits per heavy atom. The number of hydrogen-bond acceptors (Lipinski definition) is 7. The van der Waals surface area contributed by atoms with Crippen LogP contribution in [0.25, 0.3) is 10.2 Å². The number of fused-ring (bicyclic) bond motifs is 1. The number of anilines is 1. The second-order valence-corrected chi connectivity index (χ2v) is 9.15. The number of carbonyl (C=O) groups excluding carboxylic acids is 2. The fourth-order valence-electron chi connectivity index (χ4n) is 3.65. The lowest BCUT2D eigenvalue weighted by molar-refractivity contribution is 0.0607. The van der Waals surface area contributed by atoms with Crippen molar-refractivity contribution in [1.29, 1.82) is 0 Å². The lowest BCUT2D eigenvalue weighted by Gasteiger charge is -2.32. The summed E-state index contributed by atoms with van der Waals surface area (Å²) in [6, 6.07) is 8.05. The van der Waals surface area contributed by atoms with E-state index in [4.69, 9.17) is 9.72 Å². The van der Waals surface area contributed by atoms with Crippen LogP contribution in [0.5, 0.6) is 0 Å². The highest BCUT2D eigenvalue weighted by Gasteiger charge is 2.24. The fraction of sp³-hybridized carbons (Fsp3) is 0.381. The van der Waals surface area contributed by atoms with E-state index in [0.29, 0.717) is 21.5 Å². The molecule has 29 heavy (non-hydrogen) atoms. The summed E-state index contributed by atoms with van der Waals surface area (Å²) in [5.41, 5.74) is 1.45. The number of methoxy groups -OCH3 is 1. The van der Waals surface area contributed by atoms with Crippen molar-refractivity contribution in [3.63, 3.8) is 0 Å². The summed E-state index contributed by atoms with van der Waals surface area (Å²) in [6.07, 6.45) is 3.72. The molecule has 1 saturated heterocycles. The van der Waals surface area contributed by atoms with Gasteiger partial charge in [-0.2, -0.15) is 0 Å². The first-order valence-corrected chi connectivity index (χ1v) is 11.4. The summed E-state index contributed by atoms with van der Waals surface area (Å²) in [6.45, 7) is 4.14.